The van der Waals surface area contributed by atoms with Crippen LogP contribution in [0.5, 0.6) is 0 Å². The number of rotatable bonds is 7. The van der Waals surface area contributed by atoms with Crippen LogP contribution in [0.15, 0.2) is 96.3 Å². The molecule has 0 aliphatic heterocycles. The number of para-hydroxylation sites is 1. The van der Waals surface area contributed by atoms with Crippen LogP contribution in [0, 0.1) is 0 Å². The van der Waals surface area contributed by atoms with Gasteiger partial charge in [0.05, 0.1) is 16.6 Å². The third kappa shape index (κ3) is 5.53. The first kappa shape index (κ1) is 24.1. The predicted molar refractivity (Wildman–Crippen MR) is 135 cm³/mol. The van der Waals surface area contributed by atoms with E-state index in [4.69, 9.17) is 10.2 Å². The SMILES string of the molecule is CC(c1cccc(S(N)(=O)=O)c1)N(C)C(=O)/C=C/c1cn(-c2ccccc2)nc1-c1cccnc1. The molecule has 2 aromatic carbocycles. The average molecular weight is 488 g/mol. The quantitative estimate of drug-likeness (QED) is 0.399. The maximum Gasteiger partial charge on any atom is 0.246 e. The van der Waals surface area contributed by atoms with Crippen molar-refractivity contribution in [3.05, 3.63) is 103 Å². The van der Waals surface area contributed by atoms with Crippen molar-refractivity contribution in [2.75, 3.05) is 7.05 Å². The topological polar surface area (TPSA) is 111 Å². The van der Waals surface area contributed by atoms with Crippen LogP contribution in [0.2, 0.25) is 0 Å². The zero-order chi connectivity index (χ0) is 25.0. The fourth-order valence-electron chi connectivity index (χ4n) is 3.59. The van der Waals surface area contributed by atoms with E-state index in [2.05, 4.69) is 4.98 Å². The van der Waals surface area contributed by atoms with Gasteiger partial charge in [-0.25, -0.2) is 18.2 Å². The third-order valence-electron chi connectivity index (χ3n) is 5.70. The highest BCUT2D eigenvalue weighted by atomic mass is 32.2. The van der Waals surface area contributed by atoms with E-state index in [1.165, 1.54) is 23.1 Å². The van der Waals surface area contributed by atoms with Crippen LogP contribution >= 0.6 is 0 Å². The summed E-state index contributed by atoms with van der Waals surface area (Å²) in [6.45, 7) is 1.82. The first-order valence-corrected chi connectivity index (χ1v) is 12.4. The lowest BCUT2D eigenvalue weighted by Gasteiger charge is -2.24. The molecule has 0 aliphatic rings. The Hall–Kier alpha value is -4.08. The van der Waals surface area contributed by atoms with E-state index in [-0.39, 0.29) is 16.8 Å². The van der Waals surface area contributed by atoms with Gasteiger partial charge in [0.2, 0.25) is 15.9 Å². The molecule has 0 radical (unpaired) electrons. The van der Waals surface area contributed by atoms with Crippen molar-refractivity contribution in [1.29, 1.82) is 0 Å². The molecule has 0 spiro atoms. The van der Waals surface area contributed by atoms with E-state index < -0.39 is 10.0 Å². The Balaban J connectivity index is 1.61. The maximum absolute atomic E-state index is 13.0. The molecule has 2 N–H and O–H groups in total. The van der Waals surface area contributed by atoms with Crippen LogP contribution in [-0.2, 0) is 14.8 Å². The molecule has 4 rings (SSSR count). The molecule has 2 heterocycles. The number of likely N-dealkylation sites (N-methyl/N-ethyl adjacent to an activating group) is 1. The zero-order valence-electron chi connectivity index (χ0n) is 19.3. The largest absolute Gasteiger partial charge is 0.335 e. The molecule has 178 valence electrons. The Kier molecular flexibility index (Phi) is 6.90. The van der Waals surface area contributed by atoms with Crippen LogP contribution in [0.3, 0.4) is 0 Å². The molecule has 2 aromatic heterocycles. The van der Waals surface area contributed by atoms with Crippen molar-refractivity contribution in [3.8, 4) is 16.9 Å². The molecule has 0 fully saturated rings. The number of primary sulfonamides is 1. The van der Waals surface area contributed by atoms with Crippen molar-refractivity contribution in [2.45, 2.75) is 17.9 Å². The van der Waals surface area contributed by atoms with E-state index in [1.807, 2.05) is 55.6 Å². The monoisotopic (exact) mass is 487 g/mol. The van der Waals surface area contributed by atoms with Crippen molar-refractivity contribution >= 4 is 22.0 Å². The lowest BCUT2D eigenvalue weighted by atomic mass is 10.1. The van der Waals surface area contributed by atoms with Gasteiger partial charge in [0.25, 0.3) is 0 Å². The minimum atomic E-state index is -3.83. The van der Waals surface area contributed by atoms with Crippen LogP contribution in [0.1, 0.15) is 24.1 Å². The average Bonchev–Trinajstić information content (AvgIpc) is 3.31. The number of amides is 1. The van der Waals surface area contributed by atoms with Gasteiger partial charge in [-0.3, -0.25) is 9.78 Å². The molecular weight excluding hydrogens is 462 g/mol. The number of hydrogen-bond acceptors (Lipinski definition) is 5. The Morgan fingerprint density at radius 3 is 2.54 bits per heavy atom. The molecule has 0 aliphatic carbocycles. The first-order valence-electron chi connectivity index (χ1n) is 10.9. The zero-order valence-corrected chi connectivity index (χ0v) is 20.1. The summed E-state index contributed by atoms with van der Waals surface area (Å²) in [5.74, 6) is -0.247. The number of carbonyl (C=O) groups is 1. The van der Waals surface area contributed by atoms with Gasteiger partial charge in [0.1, 0.15) is 5.69 Å². The number of benzene rings is 2. The highest BCUT2D eigenvalue weighted by Gasteiger charge is 2.18. The van der Waals surface area contributed by atoms with Gasteiger partial charge in [0, 0.05) is 42.8 Å². The van der Waals surface area contributed by atoms with Gasteiger partial charge in [0.15, 0.2) is 0 Å². The normalized spacial score (nSPS) is 12.5. The van der Waals surface area contributed by atoms with E-state index in [0.717, 1.165) is 16.8 Å². The van der Waals surface area contributed by atoms with E-state index >= 15 is 0 Å². The van der Waals surface area contributed by atoms with Gasteiger partial charge < -0.3 is 4.90 Å². The smallest absolute Gasteiger partial charge is 0.246 e. The summed E-state index contributed by atoms with van der Waals surface area (Å²) in [5, 5.41) is 9.97. The molecule has 4 aromatic rings. The van der Waals surface area contributed by atoms with Crippen LogP contribution < -0.4 is 5.14 Å². The van der Waals surface area contributed by atoms with Crippen molar-refractivity contribution in [1.82, 2.24) is 19.7 Å². The Labute approximate surface area is 204 Å². The molecule has 0 bridgehead atoms. The number of nitrogens with zero attached hydrogens (tertiary/aromatic N) is 4. The molecule has 8 nitrogen and oxygen atoms in total. The van der Waals surface area contributed by atoms with Gasteiger partial charge in [-0.1, -0.05) is 30.3 Å². The van der Waals surface area contributed by atoms with Crippen LogP contribution in [0.4, 0.5) is 0 Å². The third-order valence-corrected chi connectivity index (χ3v) is 6.61. The van der Waals surface area contributed by atoms with Crippen molar-refractivity contribution in [2.24, 2.45) is 5.14 Å². The van der Waals surface area contributed by atoms with Gasteiger partial charge in [-0.15, -0.1) is 0 Å². The Morgan fingerprint density at radius 2 is 1.86 bits per heavy atom. The summed E-state index contributed by atoms with van der Waals surface area (Å²) in [7, 11) is -2.17. The van der Waals surface area contributed by atoms with E-state index in [0.29, 0.717) is 11.3 Å². The molecule has 1 amide bonds. The second kappa shape index (κ2) is 10.0. The fraction of sp³-hybridized carbons (Fsp3) is 0.115. The lowest BCUT2D eigenvalue weighted by Crippen LogP contribution is -2.28. The van der Waals surface area contributed by atoms with Gasteiger partial charge in [-0.05, 0) is 55.0 Å². The van der Waals surface area contributed by atoms with E-state index in [1.54, 1.807) is 42.3 Å². The van der Waals surface area contributed by atoms with Crippen LogP contribution in [0.25, 0.3) is 23.0 Å². The summed E-state index contributed by atoms with van der Waals surface area (Å²) < 4.78 is 25.2. The molecule has 9 heteroatoms. The minimum Gasteiger partial charge on any atom is -0.335 e. The predicted octanol–water partition coefficient (Wildman–Crippen LogP) is 3.81. The number of pyridine rings is 1. The molecule has 35 heavy (non-hydrogen) atoms. The minimum absolute atomic E-state index is 0.00711. The summed E-state index contributed by atoms with van der Waals surface area (Å²) in [6.07, 6.45) is 8.48. The molecule has 1 atom stereocenters. The second-order valence-corrected chi connectivity index (χ2v) is 9.59. The van der Waals surface area contributed by atoms with Crippen LogP contribution in [-0.4, -0.2) is 41.0 Å². The first-order chi connectivity index (χ1) is 16.7. The maximum atomic E-state index is 13.0. The van der Waals surface area contributed by atoms with E-state index in [9.17, 15) is 13.2 Å². The fourth-order valence-corrected chi connectivity index (χ4v) is 4.16. The molecular formula is C26H25N5O3S. The Morgan fingerprint density at radius 1 is 1.09 bits per heavy atom. The number of nitrogens with two attached hydrogens (primary N) is 1. The van der Waals surface area contributed by atoms with Crippen molar-refractivity contribution < 1.29 is 13.2 Å². The number of hydrogen-bond donors (Lipinski definition) is 1. The summed E-state index contributed by atoms with van der Waals surface area (Å²) in [4.78, 5) is 18.7. The molecule has 0 saturated heterocycles. The van der Waals surface area contributed by atoms with Gasteiger partial charge >= 0.3 is 0 Å². The van der Waals surface area contributed by atoms with Crippen molar-refractivity contribution in [3.63, 3.8) is 0 Å². The second-order valence-electron chi connectivity index (χ2n) is 8.03. The lowest BCUT2D eigenvalue weighted by molar-refractivity contribution is -0.126. The molecule has 1 unspecified atom stereocenters. The number of carbonyl (C=O) groups excluding carboxylic acids is 1. The molecule has 0 saturated carbocycles. The summed E-state index contributed by atoms with van der Waals surface area (Å²) in [5.41, 5.74) is 3.84. The summed E-state index contributed by atoms with van der Waals surface area (Å²) in [6, 6.07) is 19.3. The Bertz CT molecular complexity index is 1470. The summed E-state index contributed by atoms with van der Waals surface area (Å²) >= 11 is 0. The number of aromatic nitrogens is 3. The van der Waals surface area contributed by atoms with Gasteiger partial charge in [-0.2, -0.15) is 5.10 Å². The highest BCUT2D eigenvalue weighted by molar-refractivity contribution is 7.89. The number of sulfonamides is 1. The standard InChI is InChI=1S/C26H25N5O3S/c1-19(20-8-6-12-24(16-20)35(27,33)34)30(2)25(32)14-13-22-18-31(23-10-4-3-5-11-23)29-26(22)21-9-7-15-28-17-21/h3-19H,1-2H3,(H2,27,33,34)/b14-13+. The highest BCUT2D eigenvalue weighted by Crippen LogP contribution is 2.25.